The predicted octanol–water partition coefficient (Wildman–Crippen LogP) is 6.73. The number of nitrogens with one attached hydrogen (secondary N) is 2. The third-order valence-corrected chi connectivity index (χ3v) is 5.87. The Balaban J connectivity index is 1.92. The molecule has 2 aromatic carbocycles. The van der Waals surface area contributed by atoms with E-state index in [2.05, 4.69) is 26.4 Å². The Bertz CT molecular complexity index is 1510. The van der Waals surface area contributed by atoms with Crippen LogP contribution in [0.4, 0.5) is 26.3 Å². The number of carbonyl (C=O) groups is 1. The van der Waals surface area contributed by atoms with E-state index in [4.69, 9.17) is 28.3 Å². The van der Waals surface area contributed by atoms with Crippen molar-refractivity contribution in [2.75, 3.05) is 13.2 Å². The van der Waals surface area contributed by atoms with Crippen LogP contribution in [0.2, 0.25) is 5.02 Å². The highest BCUT2D eigenvalue weighted by molar-refractivity contribution is 6.31. The summed E-state index contributed by atoms with van der Waals surface area (Å²) in [5, 5.41) is 21.6. The van der Waals surface area contributed by atoms with Crippen LogP contribution in [0.25, 0.3) is 32.8 Å². The highest BCUT2D eigenvalue weighted by Crippen LogP contribution is 2.46. The van der Waals surface area contributed by atoms with Gasteiger partial charge in [-0.2, -0.15) is 31.4 Å². The number of H-pyrrole nitrogens is 1. The molecule has 0 aliphatic carbocycles. The zero-order valence-electron chi connectivity index (χ0n) is 20.6. The van der Waals surface area contributed by atoms with Crippen LogP contribution in [0.1, 0.15) is 24.1 Å². The molecule has 3 aromatic rings. The van der Waals surface area contributed by atoms with Crippen molar-refractivity contribution in [3.8, 4) is 46.2 Å². The smallest absolute Gasteiger partial charge is 0.432 e. The van der Waals surface area contributed by atoms with Crippen molar-refractivity contribution < 1.29 is 41.0 Å². The second-order valence-electron chi connectivity index (χ2n) is 8.31. The molecule has 1 heterocycles. The number of nitrogens with zero attached hydrogens (tertiary/aromatic N) is 4. The molecule has 9 nitrogen and oxygen atoms in total. The summed E-state index contributed by atoms with van der Waals surface area (Å²) in [6.45, 7) is -0.0827. The number of aromatic nitrogens is 2. The van der Waals surface area contributed by atoms with Gasteiger partial charge >= 0.3 is 12.4 Å². The number of benzene rings is 2. The minimum Gasteiger partial charge on any atom is -0.506 e. The molecule has 0 spiro atoms. The van der Waals surface area contributed by atoms with E-state index in [0.29, 0.717) is 12.1 Å². The first-order chi connectivity index (χ1) is 19.3. The number of rotatable bonds is 10. The maximum Gasteiger partial charge on any atom is 0.432 e. The van der Waals surface area contributed by atoms with E-state index in [1.165, 1.54) is 18.2 Å². The Hall–Kier alpha value is -4.54. The molecule has 1 amide bonds. The molecule has 0 aliphatic rings. The van der Waals surface area contributed by atoms with E-state index in [9.17, 15) is 36.2 Å². The van der Waals surface area contributed by atoms with Gasteiger partial charge in [-0.25, -0.2) is 0 Å². The number of phenolic OH excluding ortho intramolecular Hbond substituents is 1. The molecule has 216 valence electrons. The minimum atomic E-state index is -4.85. The predicted molar refractivity (Wildman–Crippen MR) is 136 cm³/mol. The lowest BCUT2D eigenvalue weighted by atomic mass is 9.97. The molecule has 16 heteroatoms. The molecule has 3 N–H and O–H groups in total. The van der Waals surface area contributed by atoms with Crippen LogP contribution in [-0.4, -0.2) is 40.4 Å². The number of carbonyl (C=O) groups excluding carboxylic acids is 1. The van der Waals surface area contributed by atoms with Gasteiger partial charge in [0.25, 0.3) is 0 Å². The Kier molecular flexibility index (Phi) is 9.64. The molecule has 3 rings (SSSR count). The summed E-state index contributed by atoms with van der Waals surface area (Å²) in [4.78, 5) is 14.6. The average Bonchev–Trinajstić information content (AvgIpc) is 3.39. The van der Waals surface area contributed by atoms with Crippen LogP contribution in [0.5, 0.6) is 11.5 Å². The third-order valence-electron chi connectivity index (χ3n) is 5.54. The summed E-state index contributed by atoms with van der Waals surface area (Å²) < 4.78 is 85.5. The molecule has 0 bridgehead atoms. The van der Waals surface area contributed by atoms with Crippen molar-refractivity contribution in [2.24, 2.45) is 5.11 Å². The molecular weight excluding hydrogens is 582 g/mol. The number of halogens is 7. The van der Waals surface area contributed by atoms with E-state index < -0.39 is 46.3 Å². The molecule has 1 aromatic heterocycles. The Morgan fingerprint density at radius 2 is 1.95 bits per heavy atom. The fraction of sp³-hybridized carbons (Fsp3) is 0.280. The van der Waals surface area contributed by atoms with Crippen LogP contribution in [0.15, 0.2) is 41.5 Å². The molecular formula is C25H19ClF6N6O3. The number of hydrogen-bond acceptors (Lipinski definition) is 5. The maximum absolute atomic E-state index is 13.5. The second kappa shape index (κ2) is 12.8. The lowest BCUT2D eigenvalue weighted by molar-refractivity contribution is -0.141. The number of azide groups is 1. The Morgan fingerprint density at radius 1 is 1.22 bits per heavy atom. The number of aromatic hydroxyl groups is 1. The van der Waals surface area contributed by atoms with Crippen molar-refractivity contribution >= 4 is 17.5 Å². The lowest BCUT2D eigenvalue weighted by Crippen LogP contribution is -2.34. The molecule has 0 fully saturated rings. The molecule has 41 heavy (non-hydrogen) atoms. The molecule has 0 radical (unpaired) electrons. The summed E-state index contributed by atoms with van der Waals surface area (Å²) >= 11 is 5.72. The van der Waals surface area contributed by atoms with Gasteiger partial charge in [-0.1, -0.05) is 22.8 Å². The summed E-state index contributed by atoms with van der Waals surface area (Å²) in [5.41, 5.74) is 5.13. The van der Waals surface area contributed by atoms with Crippen LogP contribution in [0.3, 0.4) is 0 Å². The minimum absolute atomic E-state index is 0.0346. The fourth-order valence-electron chi connectivity index (χ4n) is 3.63. The van der Waals surface area contributed by atoms with Crippen molar-refractivity contribution in [1.29, 1.82) is 0 Å². The highest BCUT2D eigenvalue weighted by atomic mass is 35.5. The average molecular weight is 601 g/mol. The molecule has 0 aliphatic heterocycles. The third kappa shape index (κ3) is 7.56. The standard InChI is InChI=1S/C25H19ClF6N6O3/c1-2-4-17(36-38-33)23(40)34-9-3-10-41-19-8-6-14(18-12-20(37-35-18)25(30,31)32)22(39)21(19)13-5-7-16(26)15(11-13)24(27,28)29/h1,5-8,11-12,17,39H,3-4,9-10H2,(H,34,40)(H,35,37). The second-order valence-corrected chi connectivity index (χ2v) is 8.72. The van der Waals surface area contributed by atoms with Gasteiger partial charge in [0.05, 0.1) is 28.5 Å². The van der Waals surface area contributed by atoms with Gasteiger partial charge in [0.15, 0.2) is 0 Å². The monoisotopic (exact) mass is 600 g/mol. The number of hydrogen-bond donors (Lipinski definition) is 3. The first kappa shape index (κ1) is 31.0. The largest absolute Gasteiger partial charge is 0.506 e. The fourth-order valence-corrected chi connectivity index (χ4v) is 3.85. The van der Waals surface area contributed by atoms with Crippen molar-refractivity contribution in [2.45, 2.75) is 31.2 Å². The Morgan fingerprint density at radius 3 is 2.56 bits per heavy atom. The number of terminal acetylenes is 1. The first-order valence-corrected chi connectivity index (χ1v) is 11.9. The van der Waals surface area contributed by atoms with Gasteiger partial charge in [-0.15, -0.1) is 12.3 Å². The summed E-state index contributed by atoms with van der Waals surface area (Å²) in [7, 11) is 0. The van der Waals surface area contributed by atoms with Gasteiger partial charge in [0.1, 0.15) is 23.2 Å². The van der Waals surface area contributed by atoms with Gasteiger partial charge in [0, 0.05) is 23.4 Å². The molecule has 0 saturated carbocycles. The van der Waals surface area contributed by atoms with Crippen LogP contribution >= 0.6 is 11.6 Å². The van der Waals surface area contributed by atoms with E-state index >= 15 is 0 Å². The van der Waals surface area contributed by atoms with Crippen LogP contribution in [-0.2, 0) is 17.1 Å². The normalized spacial score (nSPS) is 12.2. The number of alkyl halides is 6. The molecule has 1 atom stereocenters. The summed E-state index contributed by atoms with van der Waals surface area (Å²) in [6.07, 6.45) is -4.43. The number of amides is 1. The van der Waals surface area contributed by atoms with Crippen LogP contribution in [0, 0.1) is 12.3 Å². The van der Waals surface area contributed by atoms with Crippen molar-refractivity contribution in [1.82, 2.24) is 15.5 Å². The van der Waals surface area contributed by atoms with Crippen molar-refractivity contribution in [3.05, 3.63) is 63.1 Å². The topological polar surface area (TPSA) is 136 Å². The summed E-state index contributed by atoms with van der Waals surface area (Å²) in [6, 6.07) is 4.76. The van der Waals surface area contributed by atoms with Gasteiger partial charge < -0.3 is 15.2 Å². The first-order valence-electron chi connectivity index (χ1n) is 11.5. The van der Waals surface area contributed by atoms with E-state index in [1.807, 2.05) is 5.10 Å². The van der Waals surface area contributed by atoms with Gasteiger partial charge in [-0.05, 0) is 47.8 Å². The highest BCUT2D eigenvalue weighted by Gasteiger charge is 2.35. The molecule has 0 saturated heterocycles. The van der Waals surface area contributed by atoms with E-state index in [1.54, 1.807) is 0 Å². The van der Waals surface area contributed by atoms with Crippen LogP contribution < -0.4 is 10.1 Å². The van der Waals surface area contributed by atoms with Gasteiger partial charge in [0.2, 0.25) is 5.91 Å². The number of aromatic amines is 1. The SMILES string of the molecule is C#CCC(N=[N+]=[N-])C(=O)NCCCOc1ccc(-c2cc(C(F)(F)F)[nH]n2)c(O)c1-c1ccc(Cl)c(C(F)(F)F)c1. The number of ether oxygens (including phenoxy) is 1. The van der Waals surface area contributed by atoms with E-state index in [-0.39, 0.29) is 54.1 Å². The summed E-state index contributed by atoms with van der Waals surface area (Å²) in [5.74, 6) is 0.778. The van der Waals surface area contributed by atoms with Crippen molar-refractivity contribution in [3.63, 3.8) is 0 Å². The Labute approximate surface area is 233 Å². The molecule has 1 unspecified atom stereocenters. The quantitative estimate of drug-likeness (QED) is 0.0594. The van der Waals surface area contributed by atoms with E-state index in [0.717, 1.165) is 6.07 Å². The maximum atomic E-state index is 13.5. The zero-order chi connectivity index (χ0) is 30.4. The number of phenols is 1. The lowest BCUT2D eigenvalue weighted by Gasteiger charge is -2.17. The van der Waals surface area contributed by atoms with Gasteiger partial charge in [-0.3, -0.25) is 9.89 Å². The zero-order valence-corrected chi connectivity index (χ0v) is 21.4.